The zero-order chi connectivity index (χ0) is 12.0. The molecule has 0 atom stereocenters. The number of carbonyl (C=O) groups is 1. The third-order valence-electron chi connectivity index (χ3n) is 3.00. The Kier molecular flexibility index (Phi) is 1.89. The SMILES string of the molecule is N=C1c2ccccc2C(=O)c2cc(N)ccc21. The quantitative estimate of drug-likeness (QED) is 0.573. The Bertz CT molecular complexity index is 659. The molecular weight excluding hydrogens is 212 g/mol. The summed E-state index contributed by atoms with van der Waals surface area (Å²) in [4.78, 5) is 12.3. The van der Waals surface area contributed by atoms with Crippen molar-refractivity contribution >= 4 is 17.2 Å². The van der Waals surface area contributed by atoms with Gasteiger partial charge in [-0.05, 0) is 12.1 Å². The van der Waals surface area contributed by atoms with Crippen LogP contribution in [0.1, 0.15) is 27.0 Å². The van der Waals surface area contributed by atoms with Gasteiger partial charge in [0.15, 0.2) is 5.78 Å². The number of ketones is 1. The summed E-state index contributed by atoms with van der Waals surface area (Å²) in [6, 6.07) is 12.3. The van der Waals surface area contributed by atoms with Crippen molar-refractivity contribution in [2.75, 3.05) is 5.73 Å². The van der Waals surface area contributed by atoms with Gasteiger partial charge in [-0.3, -0.25) is 10.2 Å². The maximum absolute atomic E-state index is 12.3. The summed E-state index contributed by atoms with van der Waals surface area (Å²) in [6.45, 7) is 0. The molecule has 82 valence electrons. The molecule has 0 saturated carbocycles. The van der Waals surface area contributed by atoms with E-state index in [1.54, 1.807) is 36.4 Å². The lowest BCUT2D eigenvalue weighted by atomic mass is 9.83. The lowest BCUT2D eigenvalue weighted by molar-refractivity contribution is 0.103. The number of nitrogens with two attached hydrogens (primary N) is 1. The molecule has 0 unspecified atom stereocenters. The average molecular weight is 222 g/mol. The molecule has 0 radical (unpaired) electrons. The van der Waals surface area contributed by atoms with Crippen LogP contribution < -0.4 is 5.73 Å². The van der Waals surface area contributed by atoms with Crippen LogP contribution in [0, 0.1) is 5.41 Å². The minimum atomic E-state index is -0.0566. The van der Waals surface area contributed by atoms with Gasteiger partial charge in [0.25, 0.3) is 0 Å². The van der Waals surface area contributed by atoms with E-state index in [0.29, 0.717) is 33.7 Å². The Morgan fingerprint density at radius 1 is 0.882 bits per heavy atom. The standard InChI is InChI=1S/C14H10N2O/c15-8-5-6-10-12(7-8)14(17)11-4-2-1-3-9(11)13(10)16/h1-7,16H,15H2. The summed E-state index contributed by atoms with van der Waals surface area (Å²) >= 11 is 0. The van der Waals surface area contributed by atoms with Gasteiger partial charge in [0.1, 0.15) is 0 Å². The van der Waals surface area contributed by atoms with Gasteiger partial charge >= 0.3 is 0 Å². The predicted molar refractivity (Wildman–Crippen MR) is 66.7 cm³/mol. The van der Waals surface area contributed by atoms with Gasteiger partial charge in [0, 0.05) is 27.9 Å². The Hall–Kier alpha value is -2.42. The summed E-state index contributed by atoms with van der Waals surface area (Å²) < 4.78 is 0. The first-order valence-electron chi connectivity index (χ1n) is 5.31. The molecule has 2 aromatic carbocycles. The summed E-state index contributed by atoms with van der Waals surface area (Å²) in [6.07, 6.45) is 0. The van der Waals surface area contributed by atoms with E-state index in [9.17, 15) is 4.79 Å². The molecule has 0 amide bonds. The second-order valence-corrected chi connectivity index (χ2v) is 4.05. The van der Waals surface area contributed by atoms with Crippen LogP contribution in [0.3, 0.4) is 0 Å². The van der Waals surface area contributed by atoms with Crippen molar-refractivity contribution in [1.29, 1.82) is 5.41 Å². The fourth-order valence-corrected chi connectivity index (χ4v) is 2.16. The largest absolute Gasteiger partial charge is 0.399 e. The smallest absolute Gasteiger partial charge is 0.194 e. The van der Waals surface area contributed by atoms with Crippen molar-refractivity contribution in [3.63, 3.8) is 0 Å². The normalized spacial score (nSPS) is 13.2. The van der Waals surface area contributed by atoms with E-state index in [2.05, 4.69) is 0 Å². The molecule has 17 heavy (non-hydrogen) atoms. The highest BCUT2D eigenvalue weighted by atomic mass is 16.1. The van der Waals surface area contributed by atoms with Crippen LogP contribution in [0.4, 0.5) is 5.69 Å². The minimum absolute atomic E-state index is 0.0566. The molecule has 2 aromatic rings. The van der Waals surface area contributed by atoms with E-state index in [1.165, 1.54) is 0 Å². The molecule has 3 nitrogen and oxygen atoms in total. The molecule has 0 heterocycles. The second-order valence-electron chi connectivity index (χ2n) is 4.05. The molecule has 0 saturated heterocycles. The zero-order valence-corrected chi connectivity index (χ0v) is 9.03. The van der Waals surface area contributed by atoms with Gasteiger partial charge in [0.2, 0.25) is 0 Å². The number of hydrogen-bond acceptors (Lipinski definition) is 3. The number of fused-ring (bicyclic) bond motifs is 2. The third kappa shape index (κ3) is 1.29. The molecule has 0 aliphatic heterocycles. The molecule has 3 rings (SSSR count). The molecule has 0 bridgehead atoms. The average Bonchev–Trinajstić information content (AvgIpc) is 2.36. The van der Waals surface area contributed by atoms with E-state index >= 15 is 0 Å². The number of nitrogens with one attached hydrogen (secondary N) is 1. The Morgan fingerprint density at radius 2 is 1.53 bits per heavy atom. The lowest BCUT2D eigenvalue weighted by Gasteiger charge is -2.19. The van der Waals surface area contributed by atoms with Crippen molar-refractivity contribution in [3.05, 3.63) is 64.7 Å². The molecule has 0 aromatic heterocycles. The van der Waals surface area contributed by atoms with Gasteiger partial charge in [-0.25, -0.2) is 0 Å². The van der Waals surface area contributed by atoms with Gasteiger partial charge in [-0.2, -0.15) is 0 Å². The molecule has 0 fully saturated rings. The number of anilines is 1. The van der Waals surface area contributed by atoms with Crippen molar-refractivity contribution in [1.82, 2.24) is 0 Å². The molecule has 0 spiro atoms. The van der Waals surface area contributed by atoms with Gasteiger partial charge in [-0.1, -0.05) is 30.3 Å². The number of benzene rings is 2. The van der Waals surface area contributed by atoms with E-state index in [0.717, 1.165) is 0 Å². The van der Waals surface area contributed by atoms with Crippen LogP contribution in [-0.4, -0.2) is 11.5 Å². The molecular formula is C14H10N2O. The fraction of sp³-hybridized carbons (Fsp3) is 0. The van der Waals surface area contributed by atoms with Crippen LogP contribution >= 0.6 is 0 Å². The van der Waals surface area contributed by atoms with Crippen molar-refractivity contribution in [2.24, 2.45) is 0 Å². The van der Waals surface area contributed by atoms with Crippen molar-refractivity contribution < 1.29 is 4.79 Å². The van der Waals surface area contributed by atoms with Gasteiger partial charge < -0.3 is 5.73 Å². The van der Waals surface area contributed by atoms with Crippen LogP contribution in [0.5, 0.6) is 0 Å². The van der Waals surface area contributed by atoms with E-state index in [1.807, 2.05) is 6.07 Å². The Morgan fingerprint density at radius 3 is 2.29 bits per heavy atom. The highest BCUT2D eigenvalue weighted by Crippen LogP contribution is 2.28. The first-order chi connectivity index (χ1) is 8.18. The van der Waals surface area contributed by atoms with E-state index < -0.39 is 0 Å². The highest BCUT2D eigenvalue weighted by molar-refractivity contribution is 6.29. The summed E-state index contributed by atoms with van der Waals surface area (Å²) in [5.41, 5.74) is 9.06. The van der Waals surface area contributed by atoms with E-state index in [4.69, 9.17) is 11.1 Å². The number of rotatable bonds is 0. The van der Waals surface area contributed by atoms with Gasteiger partial charge in [0.05, 0.1) is 5.71 Å². The summed E-state index contributed by atoms with van der Waals surface area (Å²) in [7, 11) is 0. The molecule has 3 heteroatoms. The molecule has 1 aliphatic rings. The van der Waals surface area contributed by atoms with Crippen molar-refractivity contribution in [2.45, 2.75) is 0 Å². The second kappa shape index (κ2) is 3.28. The van der Waals surface area contributed by atoms with Gasteiger partial charge in [-0.15, -0.1) is 0 Å². The van der Waals surface area contributed by atoms with E-state index in [-0.39, 0.29) is 5.78 Å². The monoisotopic (exact) mass is 222 g/mol. The predicted octanol–water partition coefficient (Wildman–Crippen LogP) is 2.23. The first kappa shape index (κ1) is 9.78. The first-order valence-corrected chi connectivity index (χ1v) is 5.31. The highest BCUT2D eigenvalue weighted by Gasteiger charge is 2.26. The molecule has 3 N–H and O–H groups in total. The maximum Gasteiger partial charge on any atom is 0.194 e. The number of nitrogen functional groups attached to an aromatic ring is 1. The third-order valence-corrected chi connectivity index (χ3v) is 3.00. The summed E-state index contributed by atoms with van der Waals surface area (Å²) in [5.74, 6) is -0.0566. The maximum atomic E-state index is 12.3. The van der Waals surface area contributed by atoms with Crippen LogP contribution in [0.2, 0.25) is 0 Å². The zero-order valence-electron chi connectivity index (χ0n) is 9.03. The van der Waals surface area contributed by atoms with Crippen molar-refractivity contribution in [3.8, 4) is 0 Å². The number of carbonyl (C=O) groups excluding carboxylic acids is 1. The Balaban J connectivity index is 2.33. The van der Waals surface area contributed by atoms with Crippen LogP contribution in [-0.2, 0) is 0 Å². The van der Waals surface area contributed by atoms with Crippen LogP contribution in [0.15, 0.2) is 42.5 Å². The molecule has 1 aliphatic carbocycles. The summed E-state index contributed by atoms with van der Waals surface area (Å²) in [5, 5.41) is 8.12. The van der Waals surface area contributed by atoms with Crippen LogP contribution in [0.25, 0.3) is 0 Å². The number of hydrogen-bond donors (Lipinski definition) is 2. The Labute approximate surface area is 98.4 Å². The lowest BCUT2D eigenvalue weighted by Crippen LogP contribution is -2.20. The fourth-order valence-electron chi connectivity index (χ4n) is 2.16. The topological polar surface area (TPSA) is 66.9 Å². The minimum Gasteiger partial charge on any atom is -0.399 e.